The third kappa shape index (κ3) is 5.12. The molecule has 2 amide bonds. The second-order valence-corrected chi connectivity index (χ2v) is 4.27. The Kier molecular flexibility index (Phi) is 5.54. The van der Waals surface area contributed by atoms with Crippen LogP contribution in [0.25, 0.3) is 0 Å². The average molecular weight is 287 g/mol. The van der Waals surface area contributed by atoms with Gasteiger partial charge in [-0.1, -0.05) is 30.3 Å². The van der Waals surface area contributed by atoms with Crippen LogP contribution in [0, 0.1) is 0 Å². The van der Waals surface area contributed by atoms with E-state index >= 15 is 0 Å². The molecule has 0 aliphatic rings. The zero-order chi connectivity index (χ0) is 14.9. The maximum Gasteiger partial charge on any atom is 0.338 e. The van der Waals surface area contributed by atoms with E-state index in [0.29, 0.717) is 19.0 Å². The van der Waals surface area contributed by atoms with Crippen LogP contribution >= 0.6 is 0 Å². The smallest absolute Gasteiger partial charge is 0.338 e. The molecule has 6 heteroatoms. The maximum absolute atomic E-state index is 11.6. The minimum atomic E-state index is -0.401. The highest BCUT2D eigenvalue weighted by molar-refractivity contribution is 5.72. The maximum atomic E-state index is 11.6. The summed E-state index contributed by atoms with van der Waals surface area (Å²) >= 11 is 0. The lowest BCUT2D eigenvalue weighted by Crippen LogP contribution is -2.34. The number of nitrogens with one attached hydrogen (secondary N) is 2. The molecule has 1 aromatic carbocycles. The monoisotopic (exact) mass is 287 g/mol. The van der Waals surface area contributed by atoms with E-state index in [1.54, 1.807) is 25.4 Å². The predicted molar refractivity (Wildman–Crippen MR) is 77.4 cm³/mol. The van der Waals surface area contributed by atoms with Crippen LogP contribution < -0.4 is 15.5 Å². The Morgan fingerprint density at radius 3 is 2.76 bits per heavy atom. The highest BCUT2D eigenvalue weighted by atomic mass is 16.7. The molecule has 0 fully saturated rings. The number of nitrogens with zero attached hydrogens (tertiary/aromatic N) is 1. The van der Waals surface area contributed by atoms with Gasteiger partial charge in [-0.15, -0.1) is 0 Å². The molecule has 0 spiro atoms. The van der Waals surface area contributed by atoms with Crippen molar-refractivity contribution < 1.29 is 14.4 Å². The third-order valence-corrected chi connectivity index (χ3v) is 2.71. The second-order valence-electron chi connectivity index (χ2n) is 4.27. The number of methoxy groups -OCH3 is 1. The highest BCUT2D eigenvalue weighted by Gasteiger charge is 2.02. The topological polar surface area (TPSA) is 72.5 Å². The first kappa shape index (κ1) is 14.8. The van der Waals surface area contributed by atoms with Crippen LogP contribution in [0.4, 0.5) is 4.79 Å². The number of rotatable bonds is 6. The molecule has 2 rings (SSSR count). The third-order valence-electron chi connectivity index (χ3n) is 2.71. The Morgan fingerprint density at radius 1 is 1.19 bits per heavy atom. The van der Waals surface area contributed by atoms with E-state index in [2.05, 4.69) is 15.8 Å². The number of carbonyl (C=O) groups is 1. The van der Waals surface area contributed by atoms with Crippen molar-refractivity contribution in [3.63, 3.8) is 0 Å². The van der Waals surface area contributed by atoms with Crippen LogP contribution in [0.5, 0.6) is 5.88 Å². The minimum Gasteiger partial charge on any atom is -0.481 e. The van der Waals surface area contributed by atoms with Gasteiger partial charge in [0.05, 0.1) is 13.7 Å². The number of urea groups is 1. The van der Waals surface area contributed by atoms with Gasteiger partial charge in [0.25, 0.3) is 0 Å². The normalized spacial score (nSPS) is 9.95. The first-order valence-corrected chi connectivity index (χ1v) is 6.46. The number of benzene rings is 1. The van der Waals surface area contributed by atoms with E-state index in [1.165, 1.54) is 0 Å². The quantitative estimate of drug-likeness (QED) is 0.797. The lowest BCUT2D eigenvalue weighted by atomic mass is 10.2. The van der Waals surface area contributed by atoms with Crippen LogP contribution in [0.3, 0.4) is 0 Å². The number of hydroxylamine groups is 1. The molecule has 0 saturated heterocycles. The summed E-state index contributed by atoms with van der Waals surface area (Å²) in [6, 6.07) is 12.7. The van der Waals surface area contributed by atoms with E-state index in [4.69, 9.17) is 9.57 Å². The number of carbonyl (C=O) groups excluding carboxylic acids is 1. The van der Waals surface area contributed by atoms with Gasteiger partial charge in [-0.05, 0) is 17.2 Å². The molecule has 2 aromatic rings. The van der Waals surface area contributed by atoms with Gasteiger partial charge >= 0.3 is 6.03 Å². The summed E-state index contributed by atoms with van der Waals surface area (Å²) in [6.45, 7) is 0.677. The van der Waals surface area contributed by atoms with Crippen LogP contribution in [0.15, 0.2) is 48.7 Å². The average Bonchev–Trinajstić information content (AvgIpc) is 2.54. The van der Waals surface area contributed by atoms with Gasteiger partial charge in [0.15, 0.2) is 0 Å². The molecular formula is C15H17N3O3. The summed E-state index contributed by atoms with van der Waals surface area (Å²) in [7, 11) is 1.55. The lowest BCUT2D eigenvalue weighted by molar-refractivity contribution is 0.0489. The van der Waals surface area contributed by atoms with Gasteiger partial charge in [-0.25, -0.2) is 15.3 Å². The molecule has 1 aromatic heterocycles. The van der Waals surface area contributed by atoms with Crippen LogP contribution in [-0.4, -0.2) is 18.1 Å². The number of pyridine rings is 1. The Labute approximate surface area is 123 Å². The van der Waals surface area contributed by atoms with Crippen molar-refractivity contribution in [3.8, 4) is 5.88 Å². The van der Waals surface area contributed by atoms with Crippen molar-refractivity contribution in [2.75, 3.05) is 7.11 Å². The number of hydrogen-bond donors (Lipinski definition) is 2. The van der Waals surface area contributed by atoms with Crippen LogP contribution in [-0.2, 0) is 18.0 Å². The van der Waals surface area contributed by atoms with Gasteiger partial charge in [0.1, 0.15) is 0 Å². The molecule has 0 aliphatic heterocycles. The first-order valence-electron chi connectivity index (χ1n) is 6.46. The molecule has 1 heterocycles. The zero-order valence-electron chi connectivity index (χ0n) is 11.7. The molecule has 110 valence electrons. The molecule has 0 radical (unpaired) electrons. The van der Waals surface area contributed by atoms with Crippen LogP contribution in [0.2, 0.25) is 0 Å². The Bertz CT molecular complexity index is 575. The van der Waals surface area contributed by atoms with E-state index in [-0.39, 0.29) is 0 Å². The molecule has 0 unspecified atom stereocenters. The fourth-order valence-electron chi connectivity index (χ4n) is 1.65. The van der Waals surface area contributed by atoms with Crippen molar-refractivity contribution in [3.05, 3.63) is 59.8 Å². The molecule has 0 atom stereocenters. The summed E-state index contributed by atoms with van der Waals surface area (Å²) < 4.78 is 5.01. The standard InChI is InChI=1S/C15H17N3O3/c1-20-14-9-13(7-8-16-14)10-17-15(19)18-21-11-12-5-3-2-4-6-12/h2-9H,10-11H2,1H3,(H2,17,18,19). The van der Waals surface area contributed by atoms with E-state index < -0.39 is 6.03 Å². The fraction of sp³-hybridized carbons (Fsp3) is 0.200. The largest absolute Gasteiger partial charge is 0.481 e. The number of aromatic nitrogens is 1. The van der Waals surface area contributed by atoms with Crippen LogP contribution in [0.1, 0.15) is 11.1 Å². The molecule has 2 N–H and O–H groups in total. The molecule has 6 nitrogen and oxygen atoms in total. The van der Waals surface area contributed by atoms with Crippen molar-refractivity contribution in [2.24, 2.45) is 0 Å². The van der Waals surface area contributed by atoms with Crippen molar-refractivity contribution >= 4 is 6.03 Å². The summed E-state index contributed by atoms with van der Waals surface area (Å²) in [5, 5.41) is 2.68. The lowest BCUT2D eigenvalue weighted by Gasteiger charge is -2.08. The SMILES string of the molecule is COc1cc(CNC(=O)NOCc2ccccc2)ccn1. The van der Waals surface area contributed by atoms with Crippen molar-refractivity contribution in [1.29, 1.82) is 0 Å². The molecule has 0 aliphatic carbocycles. The predicted octanol–water partition coefficient (Wildman–Crippen LogP) is 2.02. The number of amides is 2. The van der Waals surface area contributed by atoms with Gasteiger partial charge in [-0.3, -0.25) is 4.84 Å². The summed E-state index contributed by atoms with van der Waals surface area (Å²) in [5.74, 6) is 0.509. The zero-order valence-corrected chi connectivity index (χ0v) is 11.7. The Morgan fingerprint density at radius 2 is 2.00 bits per heavy atom. The summed E-state index contributed by atoms with van der Waals surface area (Å²) in [6.07, 6.45) is 1.62. The minimum absolute atomic E-state index is 0.317. The summed E-state index contributed by atoms with van der Waals surface area (Å²) in [5.41, 5.74) is 4.21. The fourth-order valence-corrected chi connectivity index (χ4v) is 1.65. The second kappa shape index (κ2) is 7.86. The first-order chi connectivity index (χ1) is 10.3. The Hall–Kier alpha value is -2.60. The molecule has 0 saturated carbocycles. The number of ether oxygens (including phenoxy) is 1. The highest BCUT2D eigenvalue weighted by Crippen LogP contribution is 2.07. The van der Waals surface area contributed by atoms with E-state index in [1.807, 2.05) is 30.3 Å². The molecule has 21 heavy (non-hydrogen) atoms. The van der Waals surface area contributed by atoms with Gasteiger partial charge in [-0.2, -0.15) is 0 Å². The van der Waals surface area contributed by atoms with Gasteiger partial charge in [0, 0.05) is 18.8 Å². The van der Waals surface area contributed by atoms with E-state index in [9.17, 15) is 4.79 Å². The van der Waals surface area contributed by atoms with Crippen molar-refractivity contribution in [2.45, 2.75) is 13.2 Å². The van der Waals surface area contributed by atoms with E-state index in [0.717, 1.165) is 11.1 Å². The molecule has 0 bridgehead atoms. The summed E-state index contributed by atoms with van der Waals surface area (Å²) in [4.78, 5) is 20.7. The van der Waals surface area contributed by atoms with Crippen molar-refractivity contribution in [1.82, 2.24) is 15.8 Å². The van der Waals surface area contributed by atoms with Gasteiger partial charge in [0.2, 0.25) is 5.88 Å². The number of hydrogen-bond acceptors (Lipinski definition) is 4. The van der Waals surface area contributed by atoms with Gasteiger partial charge < -0.3 is 10.1 Å². The molecular weight excluding hydrogens is 270 g/mol. The Balaban J connectivity index is 1.70.